The molecule has 0 atom stereocenters. The number of pyridine rings is 1. The van der Waals surface area contributed by atoms with Crippen LogP contribution in [0.2, 0.25) is 5.02 Å². The Kier molecular flexibility index (Phi) is 3.48. The number of benzene rings is 1. The first kappa shape index (κ1) is 16.0. The molecule has 0 amide bonds. The molecule has 27 heavy (non-hydrogen) atoms. The van der Waals surface area contributed by atoms with Gasteiger partial charge in [-0.3, -0.25) is 9.55 Å². The first-order valence-corrected chi connectivity index (χ1v) is 8.90. The van der Waals surface area contributed by atoms with Gasteiger partial charge in [-0.2, -0.15) is 0 Å². The van der Waals surface area contributed by atoms with Crippen molar-refractivity contribution in [3.63, 3.8) is 0 Å². The Balaban J connectivity index is 1.79. The van der Waals surface area contributed by atoms with Crippen molar-refractivity contribution in [2.24, 2.45) is 0 Å². The lowest BCUT2D eigenvalue weighted by Crippen LogP contribution is -1.99. The van der Waals surface area contributed by atoms with E-state index in [9.17, 15) is 0 Å². The fourth-order valence-electron chi connectivity index (χ4n) is 3.38. The lowest BCUT2D eigenvalue weighted by molar-refractivity contribution is 0.926. The second-order valence-corrected chi connectivity index (χ2v) is 6.85. The summed E-state index contributed by atoms with van der Waals surface area (Å²) >= 11 is 5.99. The summed E-state index contributed by atoms with van der Waals surface area (Å²) in [4.78, 5) is 13.7. The maximum Gasteiger partial charge on any atom is 0.182 e. The van der Waals surface area contributed by atoms with Crippen LogP contribution in [0, 0.1) is 13.8 Å². The van der Waals surface area contributed by atoms with E-state index in [1.54, 1.807) is 17.0 Å². The fraction of sp³-hybridized carbons (Fsp3) is 0.100. The first-order chi connectivity index (χ1) is 13.1. The van der Waals surface area contributed by atoms with Crippen molar-refractivity contribution in [2.75, 3.05) is 0 Å². The number of aryl methyl sites for hydroxylation is 1. The van der Waals surface area contributed by atoms with Gasteiger partial charge in [-0.15, -0.1) is 5.10 Å². The van der Waals surface area contributed by atoms with Crippen LogP contribution in [0.15, 0.2) is 55.1 Å². The van der Waals surface area contributed by atoms with E-state index in [0.29, 0.717) is 10.8 Å². The third kappa shape index (κ3) is 2.41. The van der Waals surface area contributed by atoms with Gasteiger partial charge in [-0.05, 0) is 55.8 Å². The zero-order valence-corrected chi connectivity index (χ0v) is 15.5. The predicted octanol–water partition coefficient (Wildman–Crippen LogP) is 4.40. The Morgan fingerprint density at radius 1 is 1.00 bits per heavy atom. The summed E-state index contributed by atoms with van der Waals surface area (Å²) in [5.41, 5.74) is 5.75. The van der Waals surface area contributed by atoms with Crippen LogP contribution in [0.5, 0.6) is 0 Å². The smallest absolute Gasteiger partial charge is 0.182 e. The minimum atomic E-state index is 0.646. The average Bonchev–Trinajstić information content (AvgIpc) is 3.22. The van der Waals surface area contributed by atoms with E-state index in [2.05, 4.69) is 33.5 Å². The number of aromatic nitrogens is 6. The number of rotatable bonds is 2. The highest BCUT2D eigenvalue weighted by Gasteiger charge is 2.19. The summed E-state index contributed by atoms with van der Waals surface area (Å²) in [7, 11) is 0. The molecule has 0 fully saturated rings. The Morgan fingerprint density at radius 2 is 1.81 bits per heavy atom. The Hall–Kier alpha value is -3.25. The van der Waals surface area contributed by atoms with Crippen LogP contribution in [0.3, 0.4) is 0 Å². The quantitative estimate of drug-likeness (QED) is 0.459. The van der Waals surface area contributed by atoms with E-state index in [1.165, 1.54) is 0 Å². The summed E-state index contributed by atoms with van der Waals surface area (Å²) < 4.78 is 3.83. The zero-order valence-electron chi connectivity index (χ0n) is 14.8. The molecule has 1 aromatic carbocycles. The number of fused-ring (bicyclic) bond motifs is 3. The second kappa shape index (κ2) is 5.89. The lowest BCUT2D eigenvalue weighted by Gasteiger charge is -2.06. The lowest BCUT2D eigenvalue weighted by atomic mass is 10.2. The molecule has 0 aliphatic rings. The molecular weight excluding hydrogens is 360 g/mol. The van der Waals surface area contributed by atoms with Gasteiger partial charge in [-0.25, -0.2) is 14.5 Å². The van der Waals surface area contributed by atoms with Crippen molar-refractivity contribution in [2.45, 2.75) is 13.8 Å². The molecule has 0 unspecified atom stereocenters. The highest BCUT2D eigenvalue weighted by molar-refractivity contribution is 6.30. The van der Waals surface area contributed by atoms with Crippen molar-refractivity contribution >= 4 is 28.3 Å². The highest BCUT2D eigenvalue weighted by atomic mass is 35.5. The van der Waals surface area contributed by atoms with E-state index < -0.39 is 0 Å². The number of hydrogen-bond acceptors (Lipinski definition) is 4. The summed E-state index contributed by atoms with van der Waals surface area (Å²) in [6.45, 7) is 4.17. The molecule has 7 heteroatoms. The van der Waals surface area contributed by atoms with E-state index in [4.69, 9.17) is 16.6 Å². The van der Waals surface area contributed by atoms with E-state index in [-0.39, 0.29) is 0 Å². The predicted molar refractivity (Wildman–Crippen MR) is 105 cm³/mol. The molecular formula is C20H15ClN6. The van der Waals surface area contributed by atoms with Crippen molar-refractivity contribution in [3.05, 3.63) is 71.4 Å². The minimum Gasteiger partial charge on any atom is -0.297 e. The van der Waals surface area contributed by atoms with E-state index >= 15 is 0 Å². The number of halogens is 1. The Labute approximate surface area is 160 Å². The topological polar surface area (TPSA) is 60.9 Å². The van der Waals surface area contributed by atoms with Gasteiger partial charge in [-0.1, -0.05) is 11.6 Å². The standard InChI is InChI=1S/C20H15ClN6/c1-12-13(2)27(16-4-3-9-22-10-16)19-17(12)20-24-18(25-26(20)11-23-19)14-5-7-15(21)8-6-14/h3-11H,1-2H3. The van der Waals surface area contributed by atoms with Gasteiger partial charge in [0.15, 0.2) is 17.1 Å². The Bertz CT molecular complexity index is 1290. The van der Waals surface area contributed by atoms with Gasteiger partial charge >= 0.3 is 0 Å². The number of nitrogens with zero attached hydrogens (tertiary/aromatic N) is 6. The molecule has 0 aliphatic carbocycles. The molecule has 0 N–H and O–H groups in total. The highest BCUT2D eigenvalue weighted by Crippen LogP contribution is 2.30. The van der Waals surface area contributed by atoms with Gasteiger partial charge in [0.05, 0.1) is 17.3 Å². The van der Waals surface area contributed by atoms with Gasteiger partial charge in [0.1, 0.15) is 6.33 Å². The normalized spacial score (nSPS) is 11.5. The summed E-state index contributed by atoms with van der Waals surface area (Å²) in [5, 5.41) is 6.27. The van der Waals surface area contributed by atoms with E-state index in [0.717, 1.165) is 39.2 Å². The molecule has 4 heterocycles. The zero-order chi connectivity index (χ0) is 18.5. The Morgan fingerprint density at radius 3 is 2.56 bits per heavy atom. The van der Waals surface area contributed by atoms with Crippen LogP contribution in [0.25, 0.3) is 33.8 Å². The van der Waals surface area contributed by atoms with Gasteiger partial charge in [0, 0.05) is 22.5 Å². The van der Waals surface area contributed by atoms with Crippen molar-refractivity contribution in [1.29, 1.82) is 0 Å². The molecule has 132 valence electrons. The largest absolute Gasteiger partial charge is 0.297 e. The summed E-state index contributed by atoms with van der Waals surface area (Å²) in [5.74, 6) is 0.646. The van der Waals surface area contributed by atoms with Crippen molar-refractivity contribution in [1.82, 2.24) is 29.1 Å². The van der Waals surface area contributed by atoms with Crippen LogP contribution >= 0.6 is 11.6 Å². The fourth-order valence-corrected chi connectivity index (χ4v) is 3.51. The molecule has 0 bridgehead atoms. The molecule has 0 aliphatic heterocycles. The SMILES string of the molecule is Cc1c(C)n(-c2cccnc2)c2ncn3nc(-c4ccc(Cl)cc4)nc3c12. The average molecular weight is 375 g/mol. The van der Waals surface area contributed by atoms with Crippen LogP contribution < -0.4 is 0 Å². The second-order valence-electron chi connectivity index (χ2n) is 6.41. The first-order valence-electron chi connectivity index (χ1n) is 8.53. The molecule has 6 nitrogen and oxygen atoms in total. The van der Waals surface area contributed by atoms with Crippen molar-refractivity contribution < 1.29 is 0 Å². The molecule has 0 spiro atoms. The molecule has 0 saturated heterocycles. The summed E-state index contributed by atoms with van der Waals surface area (Å²) in [6, 6.07) is 11.5. The molecule has 5 aromatic rings. The van der Waals surface area contributed by atoms with Gasteiger partial charge < -0.3 is 0 Å². The van der Waals surface area contributed by atoms with E-state index in [1.807, 2.05) is 42.6 Å². The molecule has 0 radical (unpaired) electrons. The third-order valence-electron chi connectivity index (χ3n) is 4.84. The van der Waals surface area contributed by atoms with Crippen LogP contribution in [-0.2, 0) is 0 Å². The monoisotopic (exact) mass is 374 g/mol. The van der Waals surface area contributed by atoms with Crippen LogP contribution in [-0.4, -0.2) is 29.1 Å². The molecule has 5 rings (SSSR count). The van der Waals surface area contributed by atoms with Crippen LogP contribution in [0.4, 0.5) is 0 Å². The minimum absolute atomic E-state index is 0.646. The van der Waals surface area contributed by atoms with Gasteiger partial charge in [0.2, 0.25) is 0 Å². The third-order valence-corrected chi connectivity index (χ3v) is 5.09. The number of hydrogen-bond donors (Lipinski definition) is 0. The molecule has 0 saturated carbocycles. The maximum absolute atomic E-state index is 5.99. The van der Waals surface area contributed by atoms with Crippen LogP contribution in [0.1, 0.15) is 11.3 Å². The summed E-state index contributed by atoms with van der Waals surface area (Å²) in [6.07, 6.45) is 5.30. The van der Waals surface area contributed by atoms with Gasteiger partial charge in [0.25, 0.3) is 0 Å². The molecule has 4 aromatic heterocycles. The van der Waals surface area contributed by atoms with Crippen molar-refractivity contribution in [3.8, 4) is 17.1 Å². The maximum atomic E-state index is 5.99.